The molecule has 0 bridgehead atoms. The Labute approximate surface area is 93.5 Å². The number of aryl methyl sites for hydroxylation is 1. The highest BCUT2D eigenvalue weighted by atomic mass is 32.2. The van der Waals surface area contributed by atoms with E-state index in [9.17, 15) is 17.2 Å². The first-order valence-electron chi connectivity index (χ1n) is 4.67. The molecule has 0 aliphatic rings. The molecule has 1 N–H and O–H groups in total. The number of hydrogen-bond acceptors (Lipinski definition) is 2. The molecule has 1 atom stereocenters. The normalized spacial score (nSPS) is 13.8. The second-order valence-electron chi connectivity index (χ2n) is 3.51. The lowest BCUT2D eigenvalue weighted by Crippen LogP contribution is -2.24. The fourth-order valence-corrected chi connectivity index (χ4v) is 2.19. The molecule has 0 radical (unpaired) electrons. The summed E-state index contributed by atoms with van der Waals surface area (Å²) in [4.78, 5) is 0. The lowest BCUT2D eigenvalue weighted by molar-refractivity contribution is 0.558. The molecule has 0 fully saturated rings. The molecule has 0 heterocycles. The number of nitrogens with one attached hydrogen (secondary N) is 1. The van der Waals surface area contributed by atoms with Gasteiger partial charge in [-0.2, -0.15) is 0 Å². The third kappa shape index (κ3) is 2.38. The van der Waals surface area contributed by atoms with Crippen LogP contribution in [0, 0.1) is 18.6 Å². The molecule has 0 amide bonds. The lowest BCUT2D eigenvalue weighted by atomic mass is 10.1. The molecule has 0 aliphatic carbocycles. The molecule has 1 rings (SSSR count). The van der Waals surface area contributed by atoms with E-state index in [1.54, 1.807) is 0 Å². The van der Waals surface area contributed by atoms with Gasteiger partial charge in [-0.15, -0.1) is 0 Å². The Morgan fingerprint density at radius 1 is 1.25 bits per heavy atom. The van der Waals surface area contributed by atoms with Crippen LogP contribution in [0.25, 0.3) is 0 Å². The molecule has 3 nitrogen and oxygen atoms in total. The van der Waals surface area contributed by atoms with E-state index in [-0.39, 0.29) is 11.1 Å². The van der Waals surface area contributed by atoms with Gasteiger partial charge in [-0.25, -0.2) is 21.9 Å². The van der Waals surface area contributed by atoms with Crippen molar-refractivity contribution in [1.82, 2.24) is 4.72 Å². The monoisotopic (exact) mass is 249 g/mol. The van der Waals surface area contributed by atoms with Crippen molar-refractivity contribution in [2.75, 3.05) is 7.05 Å². The van der Waals surface area contributed by atoms with Crippen LogP contribution in [0.4, 0.5) is 8.78 Å². The van der Waals surface area contributed by atoms with Crippen molar-refractivity contribution in [2.45, 2.75) is 19.1 Å². The van der Waals surface area contributed by atoms with Crippen LogP contribution in [0.5, 0.6) is 0 Å². The molecule has 0 aliphatic heterocycles. The van der Waals surface area contributed by atoms with Crippen molar-refractivity contribution >= 4 is 10.0 Å². The minimum atomic E-state index is -3.66. The van der Waals surface area contributed by atoms with Crippen LogP contribution in [0.1, 0.15) is 23.3 Å². The molecule has 1 unspecified atom stereocenters. The standard InChI is InChI=1S/C10H13F2NO2S/c1-6-4-10(12)8(5-9(6)11)7(2)16(14,15)13-3/h4-5,7,13H,1-3H3. The van der Waals surface area contributed by atoms with Gasteiger partial charge in [0.15, 0.2) is 0 Å². The quantitative estimate of drug-likeness (QED) is 0.889. The number of sulfonamides is 1. The third-order valence-corrected chi connectivity index (χ3v) is 4.22. The largest absolute Gasteiger partial charge is 0.218 e. The average molecular weight is 249 g/mol. The highest BCUT2D eigenvalue weighted by Gasteiger charge is 2.24. The van der Waals surface area contributed by atoms with Crippen LogP contribution in [-0.2, 0) is 10.0 Å². The summed E-state index contributed by atoms with van der Waals surface area (Å²) in [6, 6.07) is 1.91. The zero-order valence-electron chi connectivity index (χ0n) is 9.21. The zero-order chi connectivity index (χ0) is 12.5. The Morgan fingerprint density at radius 3 is 2.31 bits per heavy atom. The van der Waals surface area contributed by atoms with Crippen molar-refractivity contribution in [3.05, 3.63) is 34.9 Å². The number of halogens is 2. The summed E-state index contributed by atoms with van der Waals surface area (Å²) < 4.78 is 51.7. The topological polar surface area (TPSA) is 46.2 Å². The van der Waals surface area contributed by atoms with E-state index in [4.69, 9.17) is 0 Å². The lowest BCUT2D eigenvalue weighted by Gasteiger charge is -2.13. The minimum absolute atomic E-state index is 0.148. The Balaban J connectivity index is 3.30. The maximum absolute atomic E-state index is 13.5. The molecule has 16 heavy (non-hydrogen) atoms. The van der Waals surface area contributed by atoms with Gasteiger partial charge in [0.1, 0.15) is 16.9 Å². The molecule has 0 aromatic heterocycles. The molecule has 90 valence electrons. The second-order valence-corrected chi connectivity index (χ2v) is 5.72. The second kappa shape index (κ2) is 4.47. The van der Waals surface area contributed by atoms with Gasteiger partial charge in [-0.3, -0.25) is 0 Å². The highest BCUT2D eigenvalue weighted by Crippen LogP contribution is 2.25. The van der Waals surface area contributed by atoms with Gasteiger partial charge in [0.2, 0.25) is 10.0 Å². The van der Waals surface area contributed by atoms with Gasteiger partial charge in [0.25, 0.3) is 0 Å². The van der Waals surface area contributed by atoms with Crippen LogP contribution < -0.4 is 4.72 Å². The van der Waals surface area contributed by atoms with Crippen molar-refractivity contribution in [2.24, 2.45) is 0 Å². The third-order valence-electron chi connectivity index (χ3n) is 2.47. The van der Waals surface area contributed by atoms with E-state index in [2.05, 4.69) is 4.72 Å². The molecule has 1 aromatic carbocycles. The molecule has 6 heteroatoms. The molecular formula is C10H13F2NO2S. The molecule has 0 saturated heterocycles. The van der Waals surface area contributed by atoms with Gasteiger partial charge in [0, 0.05) is 5.56 Å². The molecule has 0 spiro atoms. The van der Waals surface area contributed by atoms with Crippen molar-refractivity contribution in [3.63, 3.8) is 0 Å². The first-order valence-corrected chi connectivity index (χ1v) is 6.22. The van der Waals surface area contributed by atoms with Crippen LogP contribution >= 0.6 is 0 Å². The Hall–Kier alpha value is -1.01. The first-order chi connectivity index (χ1) is 7.29. The zero-order valence-corrected chi connectivity index (χ0v) is 10.0. The van der Waals surface area contributed by atoms with E-state index in [0.717, 1.165) is 12.1 Å². The fraction of sp³-hybridized carbons (Fsp3) is 0.400. The molecule has 1 aromatic rings. The van der Waals surface area contributed by atoms with Crippen LogP contribution in [0.2, 0.25) is 0 Å². The Kier molecular flexibility index (Phi) is 3.64. The maximum atomic E-state index is 13.5. The van der Waals surface area contributed by atoms with E-state index in [1.807, 2.05) is 0 Å². The van der Waals surface area contributed by atoms with Gasteiger partial charge < -0.3 is 0 Å². The number of rotatable bonds is 3. The summed E-state index contributed by atoms with van der Waals surface area (Å²) >= 11 is 0. The molecule has 0 saturated carbocycles. The summed E-state index contributed by atoms with van der Waals surface area (Å²) in [7, 11) is -2.43. The first kappa shape index (κ1) is 13.1. The summed E-state index contributed by atoms with van der Waals surface area (Å²) in [5.41, 5.74) is -0.0206. The van der Waals surface area contributed by atoms with Crippen LogP contribution in [0.15, 0.2) is 12.1 Å². The SMILES string of the molecule is CNS(=O)(=O)C(C)c1cc(F)c(C)cc1F. The van der Waals surface area contributed by atoms with Gasteiger partial charge in [0.05, 0.1) is 0 Å². The summed E-state index contributed by atoms with van der Waals surface area (Å²) in [5, 5.41) is -1.13. The number of benzene rings is 1. The van der Waals surface area contributed by atoms with Crippen molar-refractivity contribution in [3.8, 4) is 0 Å². The summed E-state index contributed by atoms with van der Waals surface area (Å²) in [6.45, 7) is 2.72. The van der Waals surface area contributed by atoms with Gasteiger partial charge >= 0.3 is 0 Å². The molecular weight excluding hydrogens is 236 g/mol. The minimum Gasteiger partial charge on any atom is -0.218 e. The predicted octanol–water partition coefficient (Wildman–Crippen LogP) is 1.88. The van der Waals surface area contributed by atoms with E-state index in [0.29, 0.717) is 0 Å². The fourth-order valence-electron chi connectivity index (χ4n) is 1.32. The summed E-state index contributed by atoms with van der Waals surface area (Å²) in [6.07, 6.45) is 0. The van der Waals surface area contributed by atoms with Crippen molar-refractivity contribution < 1.29 is 17.2 Å². The number of hydrogen-bond donors (Lipinski definition) is 1. The smallest absolute Gasteiger partial charge is 0.218 e. The highest BCUT2D eigenvalue weighted by molar-refractivity contribution is 7.89. The van der Waals surface area contributed by atoms with Crippen LogP contribution in [0.3, 0.4) is 0 Å². The van der Waals surface area contributed by atoms with Crippen LogP contribution in [-0.4, -0.2) is 15.5 Å². The van der Waals surface area contributed by atoms with Gasteiger partial charge in [-0.1, -0.05) is 0 Å². The average Bonchev–Trinajstić information content (AvgIpc) is 2.22. The van der Waals surface area contributed by atoms with E-state index >= 15 is 0 Å². The Morgan fingerprint density at radius 2 is 1.81 bits per heavy atom. The van der Waals surface area contributed by atoms with Crippen molar-refractivity contribution in [1.29, 1.82) is 0 Å². The Bertz CT molecular complexity index is 500. The van der Waals surface area contributed by atoms with Gasteiger partial charge in [-0.05, 0) is 38.6 Å². The van der Waals surface area contributed by atoms with E-state index < -0.39 is 26.9 Å². The summed E-state index contributed by atoms with van der Waals surface area (Å²) in [5.74, 6) is -1.33. The predicted molar refractivity (Wildman–Crippen MR) is 57.5 cm³/mol. The maximum Gasteiger partial charge on any atom is 0.218 e. The van der Waals surface area contributed by atoms with E-state index in [1.165, 1.54) is 20.9 Å².